The SMILES string of the molecule is NC(=O)c1cnc(Nc2ccc(N3CCN(S(=O)(=O)C4CC4)C[C@@H]3CNc3ccc4c(c3)OC[C@H]3CN(S(=O)(=O)C5CC5)CCN43)c(O)c2)nc1NC1CC1. The maximum absolute atomic E-state index is 13.4. The predicted molar refractivity (Wildman–Crippen MR) is 208 cm³/mol. The molecule has 19 heteroatoms. The topological polar surface area (TPSA) is 216 Å². The van der Waals surface area contributed by atoms with E-state index < -0.39 is 26.0 Å². The van der Waals surface area contributed by atoms with Crippen LogP contribution in [0, 0.1) is 0 Å². The third-order valence-corrected chi connectivity index (χ3v) is 16.0. The first-order valence-corrected chi connectivity index (χ1v) is 22.0. The van der Waals surface area contributed by atoms with E-state index in [2.05, 4.69) is 30.8 Å². The number of piperazine rings is 2. The largest absolute Gasteiger partial charge is 0.506 e. The number of anilines is 6. The van der Waals surface area contributed by atoms with Crippen LogP contribution in [0.5, 0.6) is 11.5 Å². The molecule has 55 heavy (non-hydrogen) atoms. The number of primary amides is 1. The molecule has 0 radical (unpaired) electrons. The number of nitrogens with two attached hydrogens (primary N) is 1. The van der Waals surface area contributed by atoms with Gasteiger partial charge in [-0.15, -0.1) is 0 Å². The van der Waals surface area contributed by atoms with Crippen LogP contribution in [-0.2, 0) is 20.0 Å². The number of phenols is 1. The zero-order valence-electron chi connectivity index (χ0n) is 30.3. The molecule has 0 unspecified atom stereocenters. The summed E-state index contributed by atoms with van der Waals surface area (Å²) in [6, 6.07) is 10.9. The van der Waals surface area contributed by atoms with Gasteiger partial charge in [-0.25, -0.2) is 21.8 Å². The van der Waals surface area contributed by atoms with Gasteiger partial charge in [-0.05, 0) is 62.8 Å². The van der Waals surface area contributed by atoms with Gasteiger partial charge in [-0.1, -0.05) is 0 Å². The minimum Gasteiger partial charge on any atom is -0.506 e. The van der Waals surface area contributed by atoms with Crippen molar-refractivity contribution >= 4 is 60.5 Å². The fourth-order valence-corrected chi connectivity index (χ4v) is 11.5. The Labute approximate surface area is 320 Å². The fraction of sp³-hybridized carbons (Fsp3) is 0.528. The van der Waals surface area contributed by atoms with Crippen molar-refractivity contribution in [2.45, 2.75) is 67.2 Å². The van der Waals surface area contributed by atoms with E-state index in [-0.39, 0.29) is 52.4 Å². The first-order valence-electron chi connectivity index (χ1n) is 19.0. The quantitative estimate of drug-likeness (QED) is 0.168. The highest BCUT2D eigenvalue weighted by Gasteiger charge is 2.45. The van der Waals surface area contributed by atoms with E-state index in [1.165, 1.54) is 6.20 Å². The first-order chi connectivity index (χ1) is 26.4. The van der Waals surface area contributed by atoms with Crippen LogP contribution in [0.25, 0.3) is 0 Å². The van der Waals surface area contributed by atoms with Gasteiger partial charge in [0.15, 0.2) is 0 Å². The molecule has 294 valence electrons. The van der Waals surface area contributed by atoms with Crippen LogP contribution in [0.3, 0.4) is 0 Å². The van der Waals surface area contributed by atoms with Crippen LogP contribution in [-0.4, -0.2) is 127 Å². The van der Waals surface area contributed by atoms with Gasteiger partial charge in [0.05, 0.1) is 39.5 Å². The Bertz CT molecular complexity index is 2220. The summed E-state index contributed by atoms with van der Waals surface area (Å²) in [6.07, 6.45) is 6.17. The van der Waals surface area contributed by atoms with E-state index in [9.17, 15) is 26.7 Å². The van der Waals surface area contributed by atoms with Gasteiger partial charge in [-0.2, -0.15) is 13.6 Å². The van der Waals surface area contributed by atoms with Gasteiger partial charge >= 0.3 is 0 Å². The van der Waals surface area contributed by atoms with Crippen molar-refractivity contribution in [1.82, 2.24) is 18.6 Å². The molecule has 0 bridgehead atoms. The number of hydrogen-bond donors (Lipinski definition) is 5. The molecular formula is C36H46N10O7S2. The summed E-state index contributed by atoms with van der Waals surface area (Å²) in [5.41, 5.74) is 8.54. The van der Waals surface area contributed by atoms with Crippen molar-refractivity contribution in [3.63, 3.8) is 0 Å². The number of nitrogens with one attached hydrogen (secondary N) is 3. The molecule has 3 aliphatic carbocycles. The van der Waals surface area contributed by atoms with Gasteiger partial charge in [-0.3, -0.25) is 4.79 Å². The molecule has 0 spiro atoms. The first kappa shape index (κ1) is 36.1. The number of benzene rings is 2. The molecule has 1 amide bonds. The summed E-state index contributed by atoms with van der Waals surface area (Å²) in [6.45, 7) is 3.14. The van der Waals surface area contributed by atoms with Gasteiger partial charge in [0.2, 0.25) is 26.0 Å². The van der Waals surface area contributed by atoms with Crippen molar-refractivity contribution < 1.29 is 31.5 Å². The average molecular weight is 795 g/mol. The molecule has 5 fully saturated rings. The number of phenolic OH excluding ortho intramolecular Hbond substituents is 1. The van der Waals surface area contributed by atoms with Crippen molar-refractivity contribution in [1.29, 1.82) is 0 Å². The van der Waals surface area contributed by atoms with E-state index in [0.29, 0.717) is 81.7 Å². The Morgan fingerprint density at radius 3 is 2.20 bits per heavy atom. The normalized spacial score (nSPS) is 23.3. The van der Waals surface area contributed by atoms with E-state index in [1.807, 2.05) is 23.1 Å². The third-order valence-electron chi connectivity index (χ3n) is 11.3. The Morgan fingerprint density at radius 2 is 1.53 bits per heavy atom. The standard InChI is InChI=1S/C36H46N10O7S2/c37-34(48)29-18-39-36(42-35(29)40-22-1-2-22)41-24-4-9-30(32(47)15-24)45-13-11-43(54(49,50)27-5-6-27)19-25(45)17-38-23-3-10-31-33(16-23)53-21-26-20-44(12-14-46(26)31)55(51,52)28-7-8-28/h3-4,9-10,15-16,18,22,25-28,38,47H,1-2,5-8,11-14,17,19-21H2,(H2,37,48)(H2,39,40,41,42)/t25-,26+/m0/s1. The summed E-state index contributed by atoms with van der Waals surface area (Å²) in [4.78, 5) is 24.9. The fourth-order valence-electron chi connectivity index (χ4n) is 7.75. The maximum atomic E-state index is 13.4. The molecule has 1 aromatic heterocycles. The van der Waals surface area contributed by atoms with E-state index >= 15 is 0 Å². The molecule has 17 nitrogen and oxygen atoms in total. The number of aromatic hydroxyl groups is 1. The lowest BCUT2D eigenvalue weighted by Crippen LogP contribution is -2.58. The molecular weight excluding hydrogens is 749 g/mol. The summed E-state index contributed by atoms with van der Waals surface area (Å²) in [7, 11) is -6.67. The smallest absolute Gasteiger partial charge is 0.254 e. The molecule has 6 aliphatic rings. The lowest BCUT2D eigenvalue weighted by atomic mass is 10.1. The number of amides is 1. The minimum absolute atomic E-state index is 0.000323. The molecule has 3 aliphatic heterocycles. The number of nitrogens with zero attached hydrogens (tertiary/aromatic N) is 6. The molecule has 3 saturated carbocycles. The zero-order valence-corrected chi connectivity index (χ0v) is 31.9. The van der Waals surface area contributed by atoms with Crippen LogP contribution >= 0.6 is 0 Å². The Kier molecular flexibility index (Phi) is 9.09. The highest BCUT2D eigenvalue weighted by atomic mass is 32.2. The molecule has 9 rings (SSSR count). The van der Waals surface area contributed by atoms with E-state index in [1.54, 1.807) is 26.8 Å². The highest BCUT2D eigenvalue weighted by molar-refractivity contribution is 7.90. The number of ether oxygens (including phenoxy) is 1. The second-order valence-corrected chi connectivity index (χ2v) is 19.8. The number of fused-ring (bicyclic) bond motifs is 3. The Balaban J connectivity index is 0.905. The van der Waals surface area contributed by atoms with Crippen LogP contribution in [0.15, 0.2) is 42.6 Å². The lowest BCUT2D eigenvalue weighted by Gasteiger charge is -2.45. The van der Waals surface area contributed by atoms with Gasteiger partial charge in [0.25, 0.3) is 5.91 Å². The average Bonchev–Trinajstić information content (AvgIpc) is 4.00. The van der Waals surface area contributed by atoms with Gasteiger partial charge in [0, 0.05) is 81.6 Å². The summed E-state index contributed by atoms with van der Waals surface area (Å²) in [5, 5.41) is 20.6. The number of aromatic nitrogens is 2. The Hall–Kier alpha value is -4.59. The molecule has 2 atom stereocenters. The number of carbonyl (C=O) groups excluding carboxylic acids is 1. The Morgan fingerprint density at radius 1 is 0.855 bits per heavy atom. The van der Waals surface area contributed by atoms with Crippen LogP contribution < -0.4 is 36.2 Å². The summed E-state index contributed by atoms with van der Waals surface area (Å²) in [5.74, 6) is 0.674. The van der Waals surface area contributed by atoms with Crippen molar-refractivity contribution in [2.24, 2.45) is 5.73 Å². The number of carbonyl (C=O) groups is 1. The summed E-state index contributed by atoms with van der Waals surface area (Å²) >= 11 is 0. The number of rotatable bonds is 13. The second-order valence-electron chi connectivity index (χ2n) is 15.3. The van der Waals surface area contributed by atoms with Crippen molar-refractivity contribution in [3.8, 4) is 11.5 Å². The van der Waals surface area contributed by atoms with E-state index in [0.717, 1.165) is 37.1 Å². The maximum Gasteiger partial charge on any atom is 0.254 e. The summed E-state index contributed by atoms with van der Waals surface area (Å²) < 4.78 is 61.9. The minimum atomic E-state index is -3.42. The zero-order chi connectivity index (χ0) is 38.1. The number of hydrogen-bond acceptors (Lipinski definition) is 14. The lowest BCUT2D eigenvalue weighted by molar-refractivity contribution is 0.100. The van der Waals surface area contributed by atoms with Gasteiger partial charge < -0.3 is 41.3 Å². The highest BCUT2D eigenvalue weighted by Crippen LogP contribution is 2.40. The molecule has 3 aromatic rings. The van der Waals surface area contributed by atoms with Crippen molar-refractivity contribution in [2.75, 3.05) is 78.2 Å². The third kappa shape index (κ3) is 7.29. The molecule has 4 heterocycles. The predicted octanol–water partition coefficient (Wildman–Crippen LogP) is 2.07. The van der Waals surface area contributed by atoms with Gasteiger partial charge in [0.1, 0.15) is 23.9 Å². The monoisotopic (exact) mass is 794 g/mol. The van der Waals surface area contributed by atoms with E-state index in [4.69, 9.17) is 10.5 Å². The second kappa shape index (κ2) is 13.9. The molecule has 2 saturated heterocycles. The van der Waals surface area contributed by atoms with Crippen LogP contribution in [0.2, 0.25) is 0 Å². The van der Waals surface area contributed by atoms with Crippen LogP contribution in [0.1, 0.15) is 48.9 Å². The van der Waals surface area contributed by atoms with Crippen molar-refractivity contribution in [3.05, 3.63) is 48.2 Å². The number of sulfonamides is 2. The molecule has 2 aromatic carbocycles. The van der Waals surface area contributed by atoms with Crippen LogP contribution in [0.4, 0.5) is 34.5 Å². The molecule has 6 N–H and O–H groups in total.